The maximum atomic E-state index is 11.7. The lowest BCUT2D eigenvalue weighted by Gasteiger charge is -2.28. The van der Waals surface area contributed by atoms with Gasteiger partial charge in [0, 0.05) is 32.7 Å². The molecule has 2 unspecified atom stereocenters. The molecular weight excluding hydrogens is 318 g/mol. The van der Waals surface area contributed by atoms with Crippen molar-refractivity contribution in [1.29, 1.82) is 0 Å². The molecule has 2 rings (SSSR count). The Morgan fingerprint density at radius 2 is 2.00 bits per heavy atom. The molecule has 2 aliphatic rings. The minimum Gasteiger partial charge on any atom is -0.450 e. The number of aliphatic imine (C=N–C) groups is 1. The van der Waals surface area contributed by atoms with Crippen LogP contribution in [0.25, 0.3) is 0 Å². The summed E-state index contributed by atoms with van der Waals surface area (Å²) in [7, 11) is 1.83. The molecule has 1 heterocycles. The highest BCUT2D eigenvalue weighted by molar-refractivity contribution is 5.80. The van der Waals surface area contributed by atoms with E-state index in [1.54, 1.807) is 0 Å². The van der Waals surface area contributed by atoms with Gasteiger partial charge < -0.3 is 20.3 Å². The molecule has 0 radical (unpaired) electrons. The van der Waals surface area contributed by atoms with Gasteiger partial charge in [-0.05, 0) is 45.2 Å². The van der Waals surface area contributed by atoms with E-state index in [0.717, 1.165) is 32.1 Å². The minimum absolute atomic E-state index is 0.108. The second-order valence-corrected chi connectivity index (χ2v) is 6.85. The van der Waals surface area contributed by atoms with Gasteiger partial charge in [0.15, 0.2) is 5.96 Å². The lowest BCUT2D eigenvalue weighted by molar-refractivity contribution is 0.146. The molecular formula is C18H35N5O2. The number of amides is 1. The summed E-state index contributed by atoms with van der Waals surface area (Å²) in [6.07, 6.45) is 3.20. The number of likely N-dealkylation sites (tertiary alicyclic amines) is 1. The number of carbonyl (C=O) groups excluding carboxylic acids is 1. The Hall–Kier alpha value is -1.50. The van der Waals surface area contributed by atoms with Crippen LogP contribution < -0.4 is 10.6 Å². The van der Waals surface area contributed by atoms with Crippen LogP contribution in [0.15, 0.2) is 4.99 Å². The summed E-state index contributed by atoms with van der Waals surface area (Å²) in [6, 6.07) is 0.711. The van der Waals surface area contributed by atoms with Gasteiger partial charge in [0.25, 0.3) is 0 Å². The van der Waals surface area contributed by atoms with Crippen molar-refractivity contribution in [2.24, 2.45) is 10.9 Å². The van der Waals surface area contributed by atoms with Gasteiger partial charge in [0.1, 0.15) is 0 Å². The maximum absolute atomic E-state index is 11.7. The Balaban J connectivity index is 1.84. The average Bonchev–Trinajstić information content (AvgIpc) is 3.35. The lowest BCUT2D eigenvalue weighted by atomic mass is 10.2. The molecule has 1 saturated heterocycles. The fourth-order valence-electron chi connectivity index (χ4n) is 3.66. The van der Waals surface area contributed by atoms with Crippen molar-refractivity contribution in [3.63, 3.8) is 0 Å². The van der Waals surface area contributed by atoms with Gasteiger partial charge in [0.2, 0.25) is 0 Å². The first kappa shape index (κ1) is 19.8. The molecule has 0 aromatic rings. The second kappa shape index (κ2) is 9.85. The quantitative estimate of drug-likeness (QED) is 0.511. The van der Waals surface area contributed by atoms with E-state index in [1.165, 1.54) is 19.3 Å². The normalized spacial score (nSPS) is 22.2. The summed E-state index contributed by atoms with van der Waals surface area (Å²) >= 11 is 0. The first-order valence-corrected chi connectivity index (χ1v) is 9.75. The van der Waals surface area contributed by atoms with Crippen molar-refractivity contribution in [2.75, 3.05) is 46.4 Å². The highest BCUT2D eigenvalue weighted by Gasteiger charge is 2.33. The van der Waals surface area contributed by atoms with E-state index in [9.17, 15) is 4.79 Å². The number of guanidine groups is 1. The van der Waals surface area contributed by atoms with Gasteiger partial charge >= 0.3 is 6.09 Å². The molecule has 2 fully saturated rings. The molecule has 1 amide bonds. The van der Waals surface area contributed by atoms with Crippen LogP contribution in [-0.4, -0.2) is 80.3 Å². The number of alkyl carbamates (subject to hydrolysis) is 1. The number of nitrogens with zero attached hydrogens (tertiary/aromatic N) is 3. The van der Waals surface area contributed by atoms with Gasteiger partial charge in [-0.3, -0.25) is 9.89 Å². The SMILES string of the molecule is CCOC(=O)NC(CNC(=NC)N1CCC(N(CC)CC)C1)C1CC1. The Morgan fingerprint density at radius 1 is 1.28 bits per heavy atom. The smallest absolute Gasteiger partial charge is 0.407 e. The molecule has 1 saturated carbocycles. The molecule has 7 heteroatoms. The summed E-state index contributed by atoms with van der Waals surface area (Å²) in [4.78, 5) is 21.0. The summed E-state index contributed by atoms with van der Waals surface area (Å²) in [5.41, 5.74) is 0. The van der Waals surface area contributed by atoms with Gasteiger partial charge in [-0.25, -0.2) is 4.79 Å². The molecule has 25 heavy (non-hydrogen) atoms. The maximum Gasteiger partial charge on any atom is 0.407 e. The van der Waals surface area contributed by atoms with Crippen LogP contribution in [0, 0.1) is 5.92 Å². The largest absolute Gasteiger partial charge is 0.450 e. The summed E-state index contributed by atoms with van der Waals surface area (Å²) in [6.45, 7) is 11.6. The van der Waals surface area contributed by atoms with Crippen LogP contribution in [0.1, 0.15) is 40.0 Å². The monoisotopic (exact) mass is 353 g/mol. The number of hydrogen-bond acceptors (Lipinski definition) is 4. The van der Waals surface area contributed by atoms with E-state index in [4.69, 9.17) is 4.74 Å². The third-order valence-electron chi connectivity index (χ3n) is 5.25. The Morgan fingerprint density at radius 3 is 2.56 bits per heavy atom. The van der Waals surface area contributed by atoms with E-state index in [-0.39, 0.29) is 12.1 Å². The number of carbonyl (C=O) groups is 1. The second-order valence-electron chi connectivity index (χ2n) is 6.85. The third-order valence-corrected chi connectivity index (χ3v) is 5.25. The molecule has 0 bridgehead atoms. The highest BCUT2D eigenvalue weighted by atomic mass is 16.5. The fourth-order valence-corrected chi connectivity index (χ4v) is 3.66. The molecule has 1 aliphatic carbocycles. The molecule has 1 aliphatic heterocycles. The first-order valence-electron chi connectivity index (χ1n) is 9.75. The molecule has 2 N–H and O–H groups in total. The predicted molar refractivity (Wildman–Crippen MR) is 101 cm³/mol. The van der Waals surface area contributed by atoms with Crippen LogP contribution in [0.5, 0.6) is 0 Å². The van der Waals surface area contributed by atoms with E-state index in [1.807, 2.05) is 14.0 Å². The van der Waals surface area contributed by atoms with Crippen LogP contribution in [0.2, 0.25) is 0 Å². The number of nitrogens with one attached hydrogen (secondary N) is 2. The zero-order chi connectivity index (χ0) is 18.2. The first-order chi connectivity index (χ1) is 12.1. The standard InChI is InChI=1S/C18H35N5O2/c1-5-22(6-2)15-10-11-23(13-15)17(19-4)20-12-16(14-8-9-14)21-18(24)25-7-3/h14-16H,5-13H2,1-4H3,(H,19,20)(H,21,24). The van der Waals surface area contributed by atoms with Crippen molar-refractivity contribution in [2.45, 2.75) is 52.1 Å². The van der Waals surface area contributed by atoms with Crippen molar-refractivity contribution in [3.05, 3.63) is 0 Å². The van der Waals surface area contributed by atoms with E-state index in [0.29, 0.717) is 25.1 Å². The van der Waals surface area contributed by atoms with Crippen molar-refractivity contribution < 1.29 is 9.53 Å². The minimum atomic E-state index is -0.320. The van der Waals surface area contributed by atoms with Crippen LogP contribution >= 0.6 is 0 Å². The van der Waals surface area contributed by atoms with Crippen molar-refractivity contribution >= 4 is 12.1 Å². The Kier molecular flexibility index (Phi) is 7.81. The van der Waals surface area contributed by atoms with E-state index < -0.39 is 0 Å². The van der Waals surface area contributed by atoms with Gasteiger partial charge in [-0.2, -0.15) is 0 Å². The van der Waals surface area contributed by atoms with Gasteiger partial charge in [-0.15, -0.1) is 0 Å². The van der Waals surface area contributed by atoms with Gasteiger partial charge in [-0.1, -0.05) is 13.8 Å². The van der Waals surface area contributed by atoms with E-state index >= 15 is 0 Å². The summed E-state index contributed by atoms with van der Waals surface area (Å²) in [5, 5.41) is 6.45. The molecule has 0 aromatic carbocycles. The van der Waals surface area contributed by atoms with Gasteiger partial charge in [0.05, 0.1) is 12.6 Å². The number of rotatable bonds is 8. The highest BCUT2D eigenvalue weighted by Crippen LogP contribution is 2.32. The predicted octanol–water partition coefficient (Wildman–Crippen LogP) is 1.50. The van der Waals surface area contributed by atoms with Crippen LogP contribution in [-0.2, 0) is 4.74 Å². The molecule has 144 valence electrons. The Bertz CT molecular complexity index is 449. The number of hydrogen-bond donors (Lipinski definition) is 2. The molecule has 7 nitrogen and oxygen atoms in total. The summed E-state index contributed by atoms with van der Waals surface area (Å²) < 4.78 is 5.02. The number of ether oxygens (including phenoxy) is 1. The third kappa shape index (κ3) is 5.76. The van der Waals surface area contributed by atoms with Crippen molar-refractivity contribution in [3.8, 4) is 0 Å². The zero-order valence-corrected chi connectivity index (χ0v) is 16.3. The molecule has 0 aromatic heterocycles. The van der Waals surface area contributed by atoms with Crippen LogP contribution in [0.3, 0.4) is 0 Å². The van der Waals surface area contributed by atoms with Crippen LogP contribution in [0.4, 0.5) is 4.79 Å². The van der Waals surface area contributed by atoms with E-state index in [2.05, 4.69) is 39.3 Å². The van der Waals surface area contributed by atoms with Crippen molar-refractivity contribution in [1.82, 2.24) is 20.4 Å². The number of likely N-dealkylation sites (N-methyl/N-ethyl adjacent to an activating group) is 1. The lowest BCUT2D eigenvalue weighted by Crippen LogP contribution is -2.49. The summed E-state index contributed by atoms with van der Waals surface area (Å²) in [5.74, 6) is 1.49. The molecule has 2 atom stereocenters. The molecule has 0 spiro atoms. The zero-order valence-electron chi connectivity index (χ0n) is 16.3. The topological polar surface area (TPSA) is 69.2 Å². The Labute approximate surface area is 152 Å². The average molecular weight is 354 g/mol. The fraction of sp³-hybridized carbons (Fsp3) is 0.889.